The molecule has 1 N–H and O–H groups in total. The minimum Gasteiger partial charge on any atom is -0.444 e. The molecule has 7 heteroatoms. The molecule has 6 nitrogen and oxygen atoms in total. The number of alkyl carbamates (subject to hydrolysis) is 1. The first-order valence-corrected chi connectivity index (χ1v) is 13.4. The Hall–Kier alpha value is -1.60. The lowest BCUT2D eigenvalue weighted by atomic mass is 10.1. The molecular weight excluding hydrogens is 426 g/mol. The van der Waals surface area contributed by atoms with Crippen LogP contribution in [0, 0.1) is 6.92 Å². The molecule has 1 rings (SSSR count). The molecule has 32 heavy (non-hydrogen) atoms. The highest BCUT2D eigenvalue weighted by Crippen LogP contribution is 2.15. The van der Waals surface area contributed by atoms with Gasteiger partial charge in [0.25, 0.3) is 10.1 Å². The summed E-state index contributed by atoms with van der Waals surface area (Å²) in [5, 5.41) is 2.79. The smallest absolute Gasteiger partial charge is 0.407 e. The quantitative estimate of drug-likeness (QED) is 0.220. The zero-order valence-corrected chi connectivity index (χ0v) is 21.3. The van der Waals surface area contributed by atoms with Gasteiger partial charge in [0.05, 0.1) is 11.5 Å². The number of hydrogen-bond donors (Lipinski definition) is 1. The number of ether oxygens (including phenoxy) is 1. The van der Waals surface area contributed by atoms with Crippen LogP contribution < -0.4 is 5.32 Å². The fourth-order valence-electron chi connectivity index (χ4n) is 3.26. The van der Waals surface area contributed by atoms with Gasteiger partial charge in [0.1, 0.15) is 5.60 Å². The molecule has 0 bridgehead atoms. The van der Waals surface area contributed by atoms with E-state index in [1.165, 1.54) is 38.5 Å². The predicted octanol–water partition coefficient (Wildman–Crippen LogP) is 6.52. The van der Waals surface area contributed by atoms with Gasteiger partial charge in [0.15, 0.2) is 0 Å². The van der Waals surface area contributed by atoms with Gasteiger partial charge >= 0.3 is 6.09 Å². The molecule has 0 aliphatic carbocycles. The Morgan fingerprint density at radius 1 is 0.812 bits per heavy atom. The summed E-state index contributed by atoms with van der Waals surface area (Å²) < 4.78 is 34.5. The van der Waals surface area contributed by atoms with E-state index < -0.39 is 15.7 Å². The van der Waals surface area contributed by atoms with Crippen molar-refractivity contribution < 1.29 is 22.1 Å². The molecule has 184 valence electrons. The molecule has 0 heterocycles. The maximum absolute atomic E-state index is 12.1. The van der Waals surface area contributed by atoms with Crippen LogP contribution in [0.2, 0.25) is 0 Å². The third-order valence-electron chi connectivity index (χ3n) is 5.04. The molecule has 1 aromatic rings. The van der Waals surface area contributed by atoms with Crippen LogP contribution in [0.25, 0.3) is 0 Å². The highest BCUT2D eigenvalue weighted by molar-refractivity contribution is 7.86. The van der Waals surface area contributed by atoms with Crippen molar-refractivity contribution in [2.24, 2.45) is 0 Å². The summed E-state index contributed by atoms with van der Waals surface area (Å²) in [4.78, 5) is 11.7. The molecule has 0 fully saturated rings. The zero-order chi connectivity index (χ0) is 23.9. The summed E-state index contributed by atoms with van der Waals surface area (Å²) in [5.41, 5.74) is 0.580. The molecule has 0 aliphatic heterocycles. The molecular formula is C25H43NO5S. The Morgan fingerprint density at radius 3 is 1.78 bits per heavy atom. The van der Waals surface area contributed by atoms with Gasteiger partial charge in [-0.3, -0.25) is 4.18 Å². The monoisotopic (exact) mass is 469 g/mol. The van der Waals surface area contributed by atoms with Crippen molar-refractivity contribution in [2.75, 3.05) is 13.2 Å². The number of aryl methyl sites for hydroxylation is 1. The molecule has 0 unspecified atom stereocenters. The number of carbonyl (C=O) groups excluding carboxylic acids is 1. The van der Waals surface area contributed by atoms with Gasteiger partial charge in [-0.1, -0.05) is 75.5 Å². The molecule has 0 saturated carbocycles. The fraction of sp³-hybridized carbons (Fsp3) is 0.720. The Morgan fingerprint density at radius 2 is 1.28 bits per heavy atom. The summed E-state index contributed by atoms with van der Waals surface area (Å²) in [6.45, 7) is 8.43. The number of carbonyl (C=O) groups is 1. The highest BCUT2D eigenvalue weighted by atomic mass is 32.2. The minimum absolute atomic E-state index is 0.224. The third kappa shape index (κ3) is 14.5. The van der Waals surface area contributed by atoms with E-state index in [0.717, 1.165) is 37.7 Å². The molecule has 1 amide bonds. The lowest BCUT2D eigenvalue weighted by molar-refractivity contribution is 0.0527. The fourth-order valence-corrected chi connectivity index (χ4v) is 4.21. The predicted molar refractivity (Wildman–Crippen MR) is 129 cm³/mol. The summed E-state index contributed by atoms with van der Waals surface area (Å²) in [7, 11) is -3.63. The van der Waals surface area contributed by atoms with Gasteiger partial charge in [-0.25, -0.2) is 4.79 Å². The number of hydrogen-bond acceptors (Lipinski definition) is 5. The number of amides is 1. The topological polar surface area (TPSA) is 81.7 Å². The van der Waals surface area contributed by atoms with Crippen molar-refractivity contribution >= 4 is 16.2 Å². The second kappa shape index (κ2) is 15.3. The lowest BCUT2D eigenvalue weighted by Gasteiger charge is -2.19. The van der Waals surface area contributed by atoms with Crippen molar-refractivity contribution in [1.29, 1.82) is 0 Å². The van der Waals surface area contributed by atoms with Gasteiger partial charge in [-0.15, -0.1) is 0 Å². The average molecular weight is 470 g/mol. The van der Waals surface area contributed by atoms with Crippen molar-refractivity contribution in [2.45, 2.75) is 109 Å². The third-order valence-corrected chi connectivity index (χ3v) is 6.36. The van der Waals surface area contributed by atoms with E-state index in [2.05, 4.69) is 5.32 Å². The average Bonchev–Trinajstić information content (AvgIpc) is 2.70. The van der Waals surface area contributed by atoms with Crippen molar-refractivity contribution in [3.8, 4) is 0 Å². The van der Waals surface area contributed by atoms with Gasteiger partial charge in [-0.05, 0) is 52.7 Å². The number of nitrogens with one attached hydrogen (secondary N) is 1. The largest absolute Gasteiger partial charge is 0.444 e. The minimum atomic E-state index is -3.63. The van der Waals surface area contributed by atoms with E-state index in [9.17, 15) is 13.2 Å². The maximum atomic E-state index is 12.1. The van der Waals surface area contributed by atoms with Gasteiger partial charge in [0.2, 0.25) is 0 Å². The van der Waals surface area contributed by atoms with E-state index in [-0.39, 0.29) is 17.6 Å². The first-order chi connectivity index (χ1) is 15.1. The van der Waals surface area contributed by atoms with Crippen LogP contribution in [0.5, 0.6) is 0 Å². The molecule has 0 aliphatic rings. The first-order valence-electron chi connectivity index (χ1n) is 12.0. The Labute approximate surface area is 195 Å². The summed E-state index contributed by atoms with van der Waals surface area (Å²) >= 11 is 0. The van der Waals surface area contributed by atoms with Crippen molar-refractivity contribution in [3.63, 3.8) is 0 Å². The standard InChI is InChI=1S/C25H43NO5S/c1-22-16-18-23(19-17-22)32(28,29)30-21-15-13-11-9-7-5-6-8-10-12-14-20-26-24(27)31-25(2,3)4/h16-19H,5-15,20-21H2,1-4H3,(H,26,27). The van der Waals surface area contributed by atoms with E-state index in [0.29, 0.717) is 6.54 Å². The van der Waals surface area contributed by atoms with Crippen LogP contribution in [0.1, 0.15) is 97.0 Å². The van der Waals surface area contributed by atoms with Gasteiger partial charge in [-0.2, -0.15) is 8.42 Å². The summed E-state index contributed by atoms with van der Waals surface area (Å²) in [5.74, 6) is 0. The van der Waals surface area contributed by atoms with Crippen LogP contribution in [0.3, 0.4) is 0 Å². The number of rotatable bonds is 16. The number of unbranched alkanes of at least 4 members (excludes halogenated alkanes) is 10. The molecule has 0 aromatic heterocycles. The SMILES string of the molecule is Cc1ccc(S(=O)(=O)OCCCCCCCCCCCCCNC(=O)OC(C)(C)C)cc1. The van der Waals surface area contributed by atoms with Crippen molar-refractivity contribution in [3.05, 3.63) is 29.8 Å². The normalized spacial score (nSPS) is 12.0. The first kappa shape index (κ1) is 28.4. The van der Waals surface area contributed by atoms with Crippen LogP contribution in [-0.2, 0) is 19.0 Å². The van der Waals surface area contributed by atoms with E-state index in [1.54, 1.807) is 24.3 Å². The molecule has 1 aromatic carbocycles. The van der Waals surface area contributed by atoms with E-state index in [4.69, 9.17) is 8.92 Å². The molecule has 0 saturated heterocycles. The van der Waals surface area contributed by atoms with Crippen LogP contribution in [-0.4, -0.2) is 33.3 Å². The highest BCUT2D eigenvalue weighted by Gasteiger charge is 2.15. The molecule has 0 atom stereocenters. The zero-order valence-electron chi connectivity index (χ0n) is 20.5. The van der Waals surface area contributed by atoms with E-state index in [1.807, 2.05) is 27.7 Å². The van der Waals surface area contributed by atoms with Gasteiger partial charge < -0.3 is 10.1 Å². The van der Waals surface area contributed by atoms with Crippen LogP contribution >= 0.6 is 0 Å². The second-order valence-corrected chi connectivity index (χ2v) is 11.0. The Bertz CT molecular complexity index is 739. The van der Waals surface area contributed by atoms with Gasteiger partial charge in [0, 0.05) is 6.54 Å². The van der Waals surface area contributed by atoms with Crippen LogP contribution in [0.15, 0.2) is 29.2 Å². The Balaban J connectivity index is 1.88. The number of benzene rings is 1. The van der Waals surface area contributed by atoms with Crippen LogP contribution in [0.4, 0.5) is 4.79 Å². The van der Waals surface area contributed by atoms with Crippen molar-refractivity contribution in [1.82, 2.24) is 5.32 Å². The molecule has 0 spiro atoms. The second-order valence-electron chi connectivity index (χ2n) is 9.41. The lowest BCUT2D eigenvalue weighted by Crippen LogP contribution is -2.32. The summed E-state index contributed by atoms with van der Waals surface area (Å²) in [6.07, 6.45) is 12.0. The maximum Gasteiger partial charge on any atom is 0.407 e. The van der Waals surface area contributed by atoms with E-state index >= 15 is 0 Å². The summed E-state index contributed by atoms with van der Waals surface area (Å²) in [6, 6.07) is 6.73. The Kier molecular flexibility index (Phi) is 13.6. The molecule has 0 radical (unpaired) electrons.